The number of unbranched alkanes of at least 4 members (excludes halogenated alkanes) is 36. The standard InChI is InChI=1S/C69H130O17P2/c1-6-9-12-15-18-21-24-26-27-28-31-34-39-45-50-55-69(74)85-64(58-79-66(71)52-47-42-37-32-30-25-22-19-16-13-10-7-2)60-83-87(75,76)81-56-63(70)57-82-88(77,78)84-61-65(59-80-67(72)53-48-43-40-35-36-41-46-51-62(4)5)86-68(73)54-49-44-38-33-29-23-20-17-14-11-8-3/h21,24,26-27,62-65,70H,6-20,22-23,25,28-61H2,1-5H3,(H,75,76)(H,77,78)/b24-21-,27-26-/t63-,64-,65-/m1/s1. The molecule has 88 heavy (non-hydrogen) atoms. The number of phosphoric ester groups is 2. The third kappa shape index (κ3) is 62.4. The summed E-state index contributed by atoms with van der Waals surface area (Å²) in [5.74, 6) is -1.45. The van der Waals surface area contributed by atoms with Crippen molar-refractivity contribution in [3.8, 4) is 0 Å². The molecule has 518 valence electrons. The largest absolute Gasteiger partial charge is 0.472 e. The molecule has 0 aromatic rings. The molecule has 17 nitrogen and oxygen atoms in total. The average Bonchev–Trinajstić information content (AvgIpc) is 3.53. The lowest BCUT2D eigenvalue weighted by Crippen LogP contribution is -2.30. The molecule has 3 N–H and O–H groups in total. The number of hydrogen-bond donors (Lipinski definition) is 3. The minimum Gasteiger partial charge on any atom is -0.462 e. The van der Waals surface area contributed by atoms with Crippen molar-refractivity contribution < 1.29 is 80.2 Å². The molecule has 19 heteroatoms. The minimum absolute atomic E-state index is 0.0853. The number of aliphatic hydroxyl groups excluding tert-OH is 1. The molecular formula is C69H130O17P2. The third-order valence-electron chi connectivity index (χ3n) is 15.4. The Balaban J connectivity index is 5.28. The molecule has 0 aliphatic carbocycles. The number of esters is 4. The van der Waals surface area contributed by atoms with Gasteiger partial charge in [0.25, 0.3) is 0 Å². The van der Waals surface area contributed by atoms with Gasteiger partial charge in [0.2, 0.25) is 0 Å². The number of carbonyl (C=O) groups is 4. The van der Waals surface area contributed by atoms with Crippen molar-refractivity contribution in [2.45, 2.75) is 348 Å². The average molecular weight is 1290 g/mol. The molecule has 0 spiro atoms. The van der Waals surface area contributed by atoms with Gasteiger partial charge in [0, 0.05) is 25.7 Å². The van der Waals surface area contributed by atoms with Crippen molar-refractivity contribution in [2.24, 2.45) is 5.92 Å². The van der Waals surface area contributed by atoms with Crippen LogP contribution in [0.3, 0.4) is 0 Å². The van der Waals surface area contributed by atoms with Crippen LogP contribution in [-0.4, -0.2) is 96.7 Å². The van der Waals surface area contributed by atoms with Crippen LogP contribution in [-0.2, 0) is 65.4 Å². The monoisotopic (exact) mass is 1290 g/mol. The van der Waals surface area contributed by atoms with Crippen LogP contribution in [0.15, 0.2) is 24.3 Å². The van der Waals surface area contributed by atoms with Crippen LogP contribution in [0, 0.1) is 5.92 Å². The predicted octanol–water partition coefficient (Wildman–Crippen LogP) is 19.3. The second kappa shape index (κ2) is 62.0. The van der Waals surface area contributed by atoms with Crippen molar-refractivity contribution >= 4 is 39.5 Å². The summed E-state index contributed by atoms with van der Waals surface area (Å²) >= 11 is 0. The van der Waals surface area contributed by atoms with Gasteiger partial charge in [-0.3, -0.25) is 37.3 Å². The summed E-state index contributed by atoms with van der Waals surface area (Å²) in [6.45, 7) is 7.11. The Morgan fingerprint density at radius 1 is 0.352 bits per heavy atom. The van der Waals surface area contributed by atoms with Gasteiger partial charge >= 0.3 is 39.5 Å². The first kappa shape index (κ1) is 85.5. The van der Waals surface area contributed by atoms with E-state index in [0.717, 1.165) is 109 Å². The van der Waals surface area contributed by atoms with E-state index in [9.17, 15) is 43.2 Å². The maximum absolute atomic E-state index is 13.0. The van der Waals surface area contributed by atoms with Crippen LogP contribution in [0.5, 0.6) is 0 Å². The molecule has 0 aliphatic heterocycles. The molecule has 0 fully saturated rings. The minimum atomic E-state index is -4.96. The lowest BCUT2D eigenvalue weighted by atomic mass is 10.0. The fourth-order valence-electron chi connectivity index (χ4n) is 9.93. The Hall–Kier alpha value is -2.46. The van der Waals surface area contributed by atoms with Crippen molar-refractivity contribution in [2.75, 3.05) is 39.6 Å². The molecular weight excluding hydrogens is 1160 g/mol. The normalized spacial score (nSPS) is 14.3. The van der Waals surface area contributed by atoms with Crippen LogP contribution in [0.4, 0.5) is 0 Å². The van der Waals surface area contributed by atoms with Gasteiger partial charge in [-0.2, -0.15) is 0 Å². The van der Waals surface area contributed by atoms with E-state index in [1.807, 2.05) is 0 Å². The van der Waals surface area contributed by atoms with Crippen LogP contribution in [0.2, 0.25) is 0 Å². The van der Waals surface area contributed by atoms with Gasteiger partial charge in [0.05, 0.1) is 26.4 Å². The predicted molar refractivity (Wildman–Crippen MR) is 354 cm³/mol. The molecule has 5 atom stereocenters. The molecule has 2 unspecified atom stereocenters. The molecule has 0 bridgehead atoms. The van der Waals surface area contributed by atoms with Gasteiger partial charge in [-0.25, -0.2) is 9.13 Å². The second-order valence-corrected chi connectivity index (χ2v) is 27.6. The smallest absolute Gasteiger partial charge is 0.462 e. The first-order valence-electron chi connectivity index (χ1n) is 35.5. The lowest BCUT2D eigenvalue weighted by Gasteiger charge is -2.21. The highest BCUT2D eigenvalue weighted by molar-refractivity contribution is 7.47. The molecule has 0 saturated heterocycles. The van der Waals surface area contributed by atoms with Crippen molar-refractivity contribution in [1.29, 1.82) is 0 Å². The van der Waals surface area contributed by atoms with Crippen molar-refractivity contribution in [3.05, 3.63) is 24.3 Å². The van der Waals surface area contributed by atoms with E-state index in [2.05, 4.69) is 58.9 Å². The first-order chi connectivity index (χ1) is 42.5. The molecule has 0 radical (unpaired) electrons. The van der Waals surface area contributed by atoms with Crippen LogP contribution in [0.1, 0.15) is 330 Å². The second-order valence-electron chi connectivity index (χ2n) is 24.7. The van der Waals surface area contributed by atoms with Gasteiger partial charge < -0.3 is 33.8 Å². The fraction of sp³-hybridized carbons (Fsp3) is 0.884. The highest BCUT2D eigenvalue weighted by Crippen LogP contribution is 2.45. The lowest BCUT2D eigenvalue weighted by molar-refractivity contribution is -0.161. The number of phosphoric acid groups is 2. The SMILES string of the molecule is CCCCCC/C=C\C=C/CCCCCCCC(=O)O[C@H](COC(=O)CCCCCCCCCCCCCC)COP(=O)(O)OC[C@@H](O)COP(=O)(O)OC[C@@H](COC(=O)CCCCCCCCCC(C)C)OC(=O)CCCCCCCCCCCCC. The van der Waals surface area contributed by atoms with Crippen molar-refractivity contribution in [1.82, 2.24) is 0 Å². The summed E-state index contributed by atoms with van der Waals surface area (Å²) in [5, 5.41) is 10.6. The number of ether oxygens (including phenoxy) is 4. The van der Waals surface area contributed by atoms with Gasteiger partial charge in [0.1, 0.15) is 19.3 Å². The topological polar surface area (TPSA) is 237 Å². The number of aliphatic hydroxyl groups is 1. The van der Waals surface area contributed by atoms with E-state index in [1.54, 1.807) is 0 Å². The van der Waals surface area contributed by atoms with E-state index >= 15 is 0 Å². The van der Waals surface area contributed by atoms with Crippen LogP contribution < -0.4 is 0 Å². The van der Waals surface area contributed by atoms with E-state index in [0.29, 0.717) is 31.6 Å². The number of carbonyl (C=O) groups excluding carboxylic acids is 4. The molecule has 0 aromatic heterocycles. The summed E-state index contributed by atoms with van der Waals surface area (Å²) < 4.78 is 68.2. The third-order valence-corrected chi connectivity index (χ3v) is 17.3. The van der Waals surface area contributed by atoms with E-state index in [1.165, 1.54) is 135 Å². The summed E-state index contributed by atoms with van der Waals surface area (Å²) in [4.78, 5) is 72.4. The zero-order chi connectivity index (χ0) is 64.9. The quantitative estimate of drug-likeness (QED) is 0.0169. The number of hydrogen-bond acceptors (Lipinski definition) is 15. The Bertz CT molecular complexity index is 1800. The highest BCUT2D eigenvalue weighted by atomic mass is 31.2. The number of rotatable bonds is 67. The molecule has 0 amide bonds. The Kier molecular flexibility index (Phi) is 60.3. The van der Waals surface area contributed by atoms with Crippen LogP contribution in [0.25, 0.3) is 0 Å². The summed E-state index contributed by atoms with van der Waals surface area (Å²) in [5.41, 5.74) is 0. The number of allylic oxidation sites excluding steroid dienone is 4. The van der Waals surface area contributed by atoms with Gasteiger partial charge in [0.15, 0.2) is 12.2 Å². The summed E-state index contributed by atoms with van der Waals surface area (Å²) in [6.07, 6.45) is 50.7. The van der Waals surface area contributed by atoms with Gasteiger partial charge in [-0.15, -0.1) is 0 Å². The van der Waals surface area contributed by atoms with E-state index < -0.39 is 97.5 Å². The van der Waals surface area contributed by atoms with E-state index in [-0.39, 0.29) is 25.7 Å². The van der Waals surface area contributed by atoms with Gasteiger partial charge in [-0.05, 0) is 57.3 Å². The Morgan fingerprint density at radius 3 is 0.932 bits per heavy atom. The zero-order valence-corrected chi connectivity index (χ0v) is 58.1. The summed E-state index contributed by atoms with van der Waals surface area (Å²) in [6, 6.07) is 0. The molecule has 0 saturated carbocycles. The summed E-state index contributed by atoms with van der Waals surface area (Å²) in [7, 11) is -9.91. The van der Waals surface area contributed by atoms with Crippen LogP contribution >= 0.6 is 15.6 Å². The molecule has 0 heterocycles. The fourth-order valence-corrected chi connectivity index (χ4v) is 11.5. The maximum Gasteiger partial charge on any atom is 0.472 e. The van der Waals surface area contributed by atoms with Crippen molar-refractivity contribution in [3.63, 3.8) is 0 Å². The Morgan fingerprint density at radius 2 is 0.614 bits per heavy atom. The van der Waals surface area contributed by atoms with Gasteiger partial charge in [-0.1, -0.05) is 277 Å². The first-order valence-corrected chi connectivity index (χ1v) is 38.4. The molecule has 0 aromatic carbocycles. The zero-order valence-electron chi connectivity index (χ0n) is 56.3. The Labute approximate surface area is 535 Å². The molecule has 0 aliphatic rings. The maximum atomic E-state index is 13.0. The molecule has 0 rings (SSSR count). The van der Waals surface area contributed by atoms with E-state index in [4.69, 9.17) is 37.0 Å². The highest BCUT2D eigenvalue weighted by Gasteiger charge is 2.30.